The Hall–Kier alpha value is -1.15. The van der Waals surface area contributed by atoms with E-state index in [-0.39, 0.29) is 23.7 Å². The summed E-state index contributed by atoms with van der Waals surface area (Å²) in [5.41, 5.74) is 2.04. The van der Waals surface area contributed by atoms with Crippen LogP contribution in [0.5, 0.6) is 0 Å². The minimum Gasteiger partial charge on any atom is -0.393 e. The van der Waals surface area contributed by atoms with Crippen LogP contribution in [0.2, 0.25) is 0 Å². The Kier molecular flexibility index (Phi) is 2.32. The normalized spacial score (nSPS) is 33.1. The maximum Gasteiger partial charge on any atom is 0.166 e. The lowest BCUT2D eigenvalue weighted by atomic mass is 9.86. The van der Waals surface area contributed by atoms with E-state index in [4.69, 9.17) is 0 Å². The standard InChI is InChI=1S/C14H16O2/c15-13-7-3-6-11(13)12-8-9-4-1-2-5-10(9)14(12)16/h1-2,4-5,11-13,15H,3,6-8H2. The van der Waals surface area contributed by atoms with Crippen molar-refractivity contribution in [1.29, 1.82) is 0 Å². The molecule has 0 heterocycles. The molecule has 0 aromatic heterocycles. The zero-order valence-electron chi connectivity index (χ0n) is 9.23. The molecule has 16 heavy (non-hydrogen) atoms. The van der Waals surface area contributed by atoms with Crippen LogP contribution in [0.1, 0.15) is 35.2 Å². The third kappa shape index (κ3) is 1.40. The van der Waals surface area contributed by atoms with Crippen LogP contribution in [-0.2, 0) is 6.42 Å². The summed E-state index contributed by atoms with van der Waals surface area (Å²) in [4.78, 5) is 12.2. The van der Waals surface area contributed by atoms with Crippen LogP contribution in [0.4, 0.5) is 0 Å². The van der Waals surface area contributed by atoms with E-state index >= 15 is 0 Å². The number of carbonyl (C=O) groups is 1. The van der Waals surface area contributed by atoms with E-state index in [9.17, 15) is 9.90 Å². The molecule has 2 heteroatoms. The van der Waals surface area contributed by atoms with Crippen LogP contribution in [0.25, 0.3) is 0 Å². The average Bonchev–Trinajstić information content (AvgIpc) is 2.84. The number of Topliss-reactive ketones (excluding diaryl/α,β-unsaturated/α-hetero) is 1. The number of hydrogen-bond donors (Lipinski definition) is 1. The van der Waals surface area contributed by atoms with Gasteiger partial charge in [0.1, 0.15) is 0 Å². The van der Waals surface area contributed by atoms with Crippen molar-refractivity contribution in [3.05, 3.63) is 35.4 Å². The molecule has 0 spiro atoms. The third-order valence-electron chi connectivity index (χ3n) is 4.11. The Labute approximate surface area is 95.3 Å². The highest BCUT2D eigenvalue weighted by Crippen LogP contribution is 2.39. The van der Waals surface area contributed by atoms with Crippen molar-refractivity contribution in [3.63, 3.8) is 0 Å². The predicted molar refractivity (Wildman–Crippen MR) is 61.3 cm³/mol. The molecule has 0 radical (unpaired) electrons. The Bertz CT molecular complexity index is 424. The largest absolute Gasteiger partial charge is 0.393 e. The number of rotatable bonds is 1. The van der Waals surface area contributed by atoms with Crippen molar-refractivity contribution < 1.29 is 9.90 Å². The van der Waals surface area contributed by atoms with Crippen molar-refractivity contribution in [1.82, 2.24) is 0 Å². The van der Waals surface area contributed by atoms with Crippen LogP contribution < -0.4 is 0 Å². The van der Waals surface area contributed by atoms with Gasteiger partial charge in [-0.1, -0.05) is 30.7 Å². The number of benzene rings is 1. The molecule has 0 bridgehead atoms. The first-order valence-corrected chi connectivity index (χ1v) is 6.07. The highest BCUT2D eigenvalue weighted by molar-refractivity contribution is 6.02. The van der Waals surface area contributed by atoms with Crippen molar-refractivity contribution in [2.75, 3.05) is 0 Å². The van der Waals surface area contributed by atoms with Crippen LogP contribution >= 0.6 is 0 Å². The number of carbonyl (C=O) groups excluding carboxylic acids is 1. The Morgan fingerprint density at radius 2 is 2.00 bits per heavy atom. The zero-order chi connectivity index (χ0) is 11.1. The molecule has 2 aliphatic rings. The molecule has 1 N–H and O–H groups in total. The van der Waals surface area contributed by atoms with E-state index < -0.39 is 0 Å². The molecular formula is C14H16O2. The van der Waals surface area contributed by atoms with Crippen LogP contribution in [0, 0.1) is 11.8 Å². The van der Waals surface area contributed by atoms with E-state index in [1.807, 2.05) is 24.3 Å². The van der Waals surface area contributed by atoms with Crippen molar-refractivity contribution in [2.24, 2.45) is 11.8 Å². The van der Waals surface area contributed by atoms with E-state index in [0.717, 1.165) is 36.8 Å². The first kappa shape index (κ1) is 10.0. The Morgan fingerprint density at radius 3 is 2.69 bits per heavy atom. The molecule has 3 rings (SSSR count). The van der Waals surface area contributed by atoms with Gasteiger partial charge in [0.2, 0.25) is 0 Å². The lowest BCUT2D eigenvalue weighted by molar-refractivity contribution is 0.0714. The molecule has 1 aromatic carbocycles. The van der Waals surface area contributed by atoms with E-state index in [0.29, 0.717) is 0 Å². The number of fused-ring (bicyclic) bond motifs is 1. The van der Waals surface area contributed by atoms with Gasteiger partial charge in [-0.15, -0.1) is 0 Å². The first-order chi connectivity index (χ1) is 7.77. The van der Waals surface area contributed by atoms with Crippen LogP contribution in [0.15, 0.2) is 24.3 Å². The highest BCUT2D eigenvalue weighted by atomic mass is 16.3. The predicted octanol–water partition coefficient (Wildman–Crippen LogP) is 2.20. The van der Waals surface area contributed by atoms with E-state index in [1.54, 1.807) is 0 Å². The summed E-state index contributed by atoms with van der Waals surface area (Å²) in [5, 5.41) is 9.89. The molecule has 1 saturated carbocycles. The van der Waals surface area contributed by atoms with Gasteiger partial charge in [-0.05, 0) is 30.7 Å². The molecule has 84 valence electrons. The maximum atomic E-state index is 12.2. The van der Waals surface area contributed by atoms with Crippen molar-refractivity contribution in [2.45, 2.75) is 31.8 Å². The van der Waals surface area contributed by atoms with Crippen molar-refractivity contribution >= 4 is 5.78 Å². The molecule has 1 fully saturated rings. The number of hydrogen-bond acceptors (Lipinski definition) is 2. The first-order valence-electron chi connectivity index (χ1n) is 6.07. The quantitative estimate of drug-likeness (QED) is 0.781. The maximum absolute atomic E-state index is 12.2. The Morgan fingerprint density at radius 1 is 1.19 bits per heavy atom. The molecule has 2 nitrogen and oxygen atoms in total. The summed E-state index contributed by atoms with van der Waals surface area (Å²) in [6.45, 7) is 0. The minimum absolute atomic E-state index is 0.0369. The van der Waals surface area contributed by atoms with Gasteiger partial charge in [0, 0.05) is 11.5 Å². The van der Waals surface area contributed by atoms with Gasteiger partial charge in [0.25, 0.3) is 0 Å². The topological polar surface area (TPSA) is 37.3 Å². The molecule has 3 atom stereocenters. The molecule has 1 aromatic rings. The van der Waals surface area contributed by atoms with Crippen molar-refractivity contribution in [3.8, 4) is 0 Å². The zero-order valence-corrected chi connectivity index (χ0v) is 9.23. The summed E-state index contributed by atoms with van der Waals surface area (Å²) < 4.78 is 0. The van der Waals surface area contributed by atoms with Gasteiger partial charge < -0.3 is 5.11 Å². The lowest BCUT2D eigenvalue weighted by Crippen LogP contribution is -2.27. The molecule has 0 amide bonds. The van der Waals surface area contributed by atoms with Gasteiger partial charge >= 0.3 is 0 Å². The van der Waals surface area contributed by atoms with Gasteiger partial charge in [-0.3, -0.25) is 4.79 Å². The summed E-state index contributed by atoms with van der Waals surface area (Å²) in [6.07, 6.45) is 3.50. The molecular weight excluding hydrogens is 200 g/mol. The second-order valence-corrected chi connectivity index (χ2v) is 4.99. The fourth-order valence-corrected chi connectivity index (χ4v) is 3.25. The highest BCUT2D eigenvalue weighted by Gasteiger charge is 2.40. The second-order valence-electron chi connectivity index (χ2n) is 4.99. The molecule has 2 aliphatic carbocycles. The summed E-state index contributed by atoms with van der Waals surface area (Å²) >= 11 is 0. The second kappa shape index (κ2) is 3.70. The fourth-order valence-electron chi connectivity index (χ4n) is 3.25. The molecule has 0 aliphatic heterocycles. The Balaban J connectivity index is 1.89. The van der Waals surface area contributed by atoms with Crippen LogP contribution in [-0.4, -0.2) is 17.0 Å². The smallest absolute Gasteiger partial charge is 0.166 e. The van der Waals surface area contributed by atoms with Gasteiger partial charge in [-0.2, -0.15) is 0 Å². The summed E-state index contributed by atoms with van der Waals surface area (Å²) in [5.74, 6) is 0.483. The fraction of sp³-hybridized carbons (Fsp3) is 0.500. The van der Waals surface area contributed by atoms with Gasteiger partial charge in [-0.25, -0.2) is 0 Å². The van der Waals surface area contributed by atoms with Crippen LogP contribution in [0.3, 0.4) is 0 Å². The number of aliphatic hydroxyl groups excluding tert-OH is 1. The number of ketones is 1. The summed E-state index contributed by atoms with van der Waals surface area (Å²) in [7, 11) is 0. The number of aliphatic hydroxyl groups is 1. The van der Waals surface area contributed by atoms with Gasteiger partial charge in [0.15, 0.2) is 5.78 Å². The lowest BCUT2D eigenvalue weighted by Gasteiger charge is -2.20. The average molecular weight is 216 g/mol. The monoisotopic (exact) mass is 216 g/mol. The summed E-state index contributed by atoms with van der Waals surface area (Å²) in [6, 6.07) is 7.86. The molecule has 3 unspecified atom stereocenters. The molecule has 0 saturated heterocycles. The minimum atomic E-state index is -0.261. The van der Waals surface area contributed by atoms with Gasteiger partial charge in [0.05, 0.1) is 6.10 Å². The third-order valence-corrected chi connectivity index (χ3v) is 4.11. The SMILES string of the molecule is O=C1c2ccccc2CC1C1CCCC1O. The van der Waals surface area contributed by atoms with E-state index in [1.165, 1.54) is 0 Å². The van der Waals surface area contributed by atoms with E-state index in [2.05, 4.69) is 0 Å².